The molecule has 0 saturated heterocycles. The van der Waals surface area contributed by atoms with E-state index in [1.165, 1.54) is 17.1 Å². The predicted octanol–water partition coefficient (Wildman–Crippen LogP) is 5.41. The Balaban J connectivity index is 1.47. The number of methoxy groups -OCH3 is 1. The average Bonchev–Trinajstić information content (AvgIpc) is 3.56. The van der Waals surface area contributed by atoms with Gasteiger partial charge >= 0.3 is 0 Å². The first-order valence-electron chi connectivity index (χ1n) is 14.6. The molecule has 0 bridgehead atoms. The van der Waals surface area contributed by atoms with E-state index < -0.39 is 0 Å². The highest BCUT2D eigenvalue weighted by Crippen LogP contribution is 2.42. The van der Waals surface area contributed by atoms with Crippen molar-refractivity contribution in [2.45, 2.75) is 26.3 Å². The molecule has 1 aliphatic rings. The average molecular weight is 596 g/mol. The van der Waals surface area contributed by atoms with Gasteiger partial charge < -0.3 is 24.4 Å². The molecular weight excluding hydrogens is 558 g/mol. The van der Waals surface area contributed by atoms with Gasteiger partial charge in [0.2, 0.25) is 5.95 Å². The normalized spacial score (nSPS) is 12.6. The Bertz CT molecular complexity index is 1870. The van der Waals surface area contributed by atoms with Crippen molar-refractivity contribution in [1.82, 2.24) is 29.2 Å². The maximum Gasteiger partial charge on any atom is 0.294 e. The molecule has 44 heavy (non-hydrogen) atoms. The van der Waals surface area contributed by atoms with Gasteiger partial charge in [-0.15, -0.1) is 0 Å². The van der Waals surface area contributed by atoms with Crippen LogP contribution in [-0.2, 0) is 20.0 Å². The highest BCUT2D eigenvalue weighted by Gasteiger charge is 2.25. The van der Waals surface area contributed by atoms with Crippen LogP contribution in [0.3, 0.4) is 0 Å². The van der Waals surface area contributed by atoms with Crippen LogP contribution in [0, 0.1) is 17.0 Å². The van der Waals surface area contributed by atoms with E-state index in [9.17, 15) is 10.1 Å². The molecule has 0 spiro atoms. The van der Waals surface area contributed by atoms with Crippen molar-refractivity contribution in [2.75, 3.05) is 51.6 Å². The first-order chi connectivity index (χ1) is 21.2. The summed E-state index contributed by atoms with van der Waals surface area (Å²) in [7, 11) is 9.23. The van der Waals surface area contributed by atoms with Crippen LogP contribution in [0.4, 0.5) is 23.0 Å². The summed E-state index contributed by atoms with van der Waals surface area (Å²) >= 11 is 0. The number of aryl methyl sites for hydroxylation is 3. The zero-order valence-corrected chi connectivity index (χ0v) is 26.0. The molecule has 12 nitrogen and oxygen atoms in total. The standard InChI is InChI=1S/C32H37N9O3/c1-20-23(18-34-39(20)5)24-17-33-32(36-30(24)25-19-40-12-8-10-21-9-7-11-22(25)31(21)40)35-26-15-28(41(42)43)27(16-29(26)44-6)38(4)14-13-37(2)3/h7,9,11,15-19H,8,10,12-14H2,1-6H3,(H,33,35,36). The monoisotopic (exact) mass is 595 g/mol. The lowest BCUT2D eigenvalue weighted by molar-refractivity contribution is -0.384. The Morgan fingerprint density at radius 2 is 1.93 bits per heavy atom. The van der Waals surface area contributed by atoms with Crippen molar-refractivity contribution >= 4 is 33.9 Å². The molecule has 2 aromatic carbocycles. The summed E-state index contributed by atoms with van der Waals surface area (Å²) in [5.74, 6) is 0.755. The summed E-state index contributed by atoms with van der Waals surface area (Å²) < 4.78 is 9.85. The fourth-order valence-electron chi connectivity index (χ4n) is 5.92. The second-order valence-corrected chi connectivity index (χ2v) is 11.5. The highest BCUT2D eigenvalue weighted by molar-refractivity contribution is 6.00. The SMILES string of the molecule is COc1cc(N(C)CCN(C)C)c([N+](=O)[O-])cc1Nc1ncc(-c2cnn(C)c2C)c(-c2cn3c4c(cccc24)CCC3)n1. The Morgan fingerprint density at radius 1 is 1.11 bits per heavy atom. The molecule has 1 N–H and O–H groups in total. The number of para-hydroxylation sites is 1. The van der Waals surface area contributed by atoms with Crippen LogP contribution >= 0.6 is 0 Å². The molecule has 6 rings (SSSR count). The van der Waals surface area contributed by atoms with Crippen LogP contribution in [0.2, 0.25) is 0 Å². The minimum atomic E-state index is -0.374. The van der Waals surface area contributed by atoms with Crippen LogP contribution in [0.5, 0.6) is 5.75 Å². The van der Waals surface area contributed by atoms with Gasteiger partial charge in [0.15, 0.2) is 0 Å². The Kier molecular flexibility index (Phi) is 7.68. The fourth-order valence-corrected chi connectivity index (χ4v) is 5.92. The molecule has 0 amide bonds. The maximum absolute atomic E-state index is 12.2. The second kappa shape index (κ2) is 11.6. The molecule has 0 unspecified atom stereocenters. The summed E-state index contributed by atoms with van der Waals surface area (Å²) in [6.07, 6.45) is 7.95. The quantitative estimate of drug-likeness (QED) is 0.167. The van der Waals surface area contributed by atoms with Gasteiger partial charge in [0.1, 0.15) is 11.4 Å². The van der Waals surface area contributed by atoms with Gasteiger partial charge in [0.25, 0.3) is 5.69 Å². The molecule has 0 saturated carbocycles. The van der Waals surface area contributed by atoms with Crippen LogP contribution in [0.1, 0.15) is 17.7 Å². The number of likely N-dealkylation sites (N-methyl/N-ethyl adjacent to an activating group) is 2. The summed E-state index contributed by atoms with van der Waals surface area (Å²) in [6, 6.07) is 9.62. The molecular formula is C32H37N9O3. The third-order valence-corrected chi connectivity index (χ3v) is 8.43. The zero-order valence-electron chi connectivity index (χ0n) is 26.0. The van der Waals surface area contributed by atoms with Gasteiger partial charge in [-0.2, -0.15) is 5.10 Å². The molecule has 1 aliphatic heterocycles. The van der Waals surface area contributed by atoms with E-state index >= 15 is 0 Å². The minimum Gasteiger partial charge on any atom is -0.494 e. The summed E-state index contributed by atoms with van der Waals surface area (Å²) in [5.41, 5.74) is 7.97. The van der Waals surface area contributed by atoms with Gasteiger partial charge in [-0.3, -0.25) is 14.8 Å². The number of benzene rings is 2. The van der Waals surface area contributed by atoms with E-state index in [1.54, 1.807) is 19.4 Å². The van der Waals surface area contributed by atoms with E-state index in [1.807, 2.05) is 55.8 Å². The van der Waals surface area contributed by atoms with Gasteiger partial charge in [0.05, 0.1) is 35.1 Å². The molecule has 228 valence electrons. The highest BCUT2D eigenvalue weighted by atomic mass is 16.6. The van der Waals surface area contributed by atoms with Gasteiger partial charge in [-0.1, -0.05) is 18.2 Å². The smallest absolute Gasteiger partial charge is 0.294 e. The number of aromatic nitrogens is 5. The van der Waals surface area contributed by atoms with Gasteiger partial charge in [-0.05, 0) is 39.4 Å². The molecule has 12 heteroatoms. The number of ether oxygens (including phenoxy) is 1. The predicted molar refractivity (Wildman–Crippen MR) is 173 cm³/mol. The topological polar surface area (TPSA) is 119 Å². The number of anilines is 3. The van der Waals surface area contributed by atoms with Crippen LogP contribution in [-0.4, -0.2) is 75.5 Å². The first-order valence-corrected chi connectivity index (χ1v) is 14.6. The number of hydrogen-bond acceptors (Lipinski definition) is 9. The number of nitrogens with zero attached hydrogens (tertiary/aromatic N) is 8. The molecule has 3 aromatic heterocycles. The van der Waals surface area contributed by atoms with Crippen molar-refractivity contribution < 1.29 is 9.66 Å². The van der Waals surface area contributed by atoms with E-state index in [4.69, 9.17) is 9.72 Å². The van der Waals surface area contributed by atoms with Crippen molar-refractivity contribution in [3.05, 3.63) is 70.3 Å². The van der Waals surface area contributed by atoms with Crippen LogP contribution < -0.4 is 15.0 Å². The summed E-state index contributed by atoms with van der Waals surface area (Å²) in [4.78, 5) is 25.4. The van der Waals surface area contributed by atoms with Gasteiger partial charge in [-0.25, -0.2) is 9.97 Å². The van der Waals surface area contributed by atoms with E-state index in [-0.39, 0.29) is 10.6 Å². The molecule has 0 radical (unpaired) electrons. The third kappa shape index (κ3) is 5.21. The second-order valence-electron chi connectivity index (χ2n) is 11.5. The zero-order chi connectivity index (χ0) is 31.1. The Morgan fingerprint density at radius 3 is 2.64 bits per heavy atom. The molecule has 5 aromatic rings. The number of nitro benzene ring substituents is 1. The Labute approximate surface area is 256 Å². The lowest BCUT2D eigenvalue weighted by Crippen LogP contribution is -2.28. The number of hydrogen-bond donors (Lipinski definition) is 1. The van der Waals surface area contributed by atoms with Crippen LogP contribution in [0.25, 0.3) is 33.3 Å². The molecule has 0 fully saturated rings. The molecule has 4 heterocycles. The molecule has 0 aliphatic carbocycles. The van der Waals surface area contributed by atoms with Crippen molar-refractivity contribution in [2.24, 2.45) is 7.05 Å². The van der Waals surface area contributed by atoms with E-state index in [0.29, 0.717) is 29.6 Å². The van der Waals surface area contributed by atoms with Crippen molar-refractivity contribution in [3.8, 4) is 28.1 Å². The number of nitro groups is 1. The fraction of sp³-hybridized carbons (Fsp3) is 0.344. The van der Waals surface area contributed by atoms with Crippen LogP contribution in [0.15, 0.2) is 48.9 Å². The van der Waals surface area contributed by atoms with E-state index in [2.05, 4.69) is 44.4 Å². The summed E-state index contributed by atoms with van der Waals surface area (Å²) in [6.45, 7) is 4.32. The first kappa shape index (κ1) is 29.1. The lowest BCUT2D eigenvalue weighted by atomic mass is 9.98. The van der Waals surface area contributed by atoms with Gasteiger partial charge in [0, 0.05) is 86.0 Å². The number of nitrogens with one attached hydrogen (secondary N) is 1. The van der Waals surface area contributed by atoms with Crippen molar-refractivity contribution in [1.29, 1.82) is 0 Å². The number of rotatable bonds is 10. The largest absolute Gasteiger partial charge is 0.494 e. The third-order valence-electron chi connectivity index (χ3n) is 8.43. The Hall–Kier alpha value is -4.97. The maximum atomic E-state index is 12.2. The lowest BCUT2D eigenvalue weighted by Gasteiger charge is -2.22. The molecule has 0 atom stereocenters. The minimum absolute atomic E-state index is 0.0358. The van der Waals surface area contributed by atoms with Crippen molar-refractivity contribution in [3.63, 3.8) is 0 Å². The summed E-state index contributed by atoms with van der Waals surface area (Å²) in [5, 5.41) is 21.0. The van der Waals surface area contributed by atoms with E-state index in [0.717, 1.165) is 59.4 Å².